The van der Waals surface area contributed by atoms with Gasteiger partial charge in [0.1, 0.15) is 5.82 Å². The SMILES string of the molecule is O=C(O)c1ccc2c(c1)nc(-c1cccc(C(=O)Nc3cccc(Cl)c3)c1)n2C1CCCC1. The van der Waals surface area contributed by atoms with Crippen molar-refractivity contribution in [2.45, 2.75) is 31.7 Å². The van der Waals surface area contributed by atoms with Crippen LogP contribution in [0.2, 0.25) is 5.02 Å². The number of nitrogens with one attached hydrogen (secondary N) is 1. The molecule has 6 nitrogen and oxygen atoms in total. The molecule has 0 unspecified atom stereocenters. The minimum absolute atomic E-state index is 0.208. The van der Waals surface area contributed by atoms with Crippen LogP contribution in [-0.4, -0.2) is 26.5 Å². The molecule has 0 saturated heterocycles. The Kier molecular flexibility index (Phi) is 5.60. The number of carbonyl (C=O) groups is 2. The van der Waals surface area contributed by atoms with Crippen molar-refractivity contribution in [3.05, 3.63) is 82.9 Å². The summed E-state index contributed by atoms with van der Waals surface area (Å²) in [7, 11) is 0. The largest absolute Gasteiger partial charge is 0.478 e. The number of aromatic nitrogens is 2. The summed E-state index contributed by atoms with van der Waals surface area (Å²) < 4.78 is 2.21. The van der Waals surface area contributed by atoms with Gasteiger partial charge in [0.25, 0.3) is 5.91 Å². The number of fused-ring (bicyclic) bond motifs is 1. The summed E-state index contributed by atoms with van der Waals surface area (Å²) in [5, 5.41) is 12.8. The second kappa shape index (κ2) is 8.71. The van der Waals surface area contributed by atoms with Gasteiger partial charge in [-0.2, -0.15) is 0 Å². The lowest BCUT2D eigenvalue weighted by atomic mass is 10.1. The monoisotopic (exact) mass is 459 g/mol. The average molecular weight is 460 g/mol. The highest BCUT2D eigenvalue weighted by Gasteiger charge is 2.24. The molecule has 1 aliphatic rings. The standard InChI is InChI=1S/C26H22ClN3O3/c27-19-7-4-8-20(15-19)28-25(31)17-6-3-5-16(13-17)24-29-22-14-18(26(32)33)11-12-23(22)30(24)21-9-1-2-10-21/h3-8,11-15,21H,1-2,9-10H2,(H,28,31)(H,32,33). The Hall–Kier alpha value is -3.64. The lowest BCUT2D eigenvalue weighted by Gasteiger charge is -2.17. The molecule has 0 spiro atoms. The Morgan fingerprint density at radius 3 is 2.52 bits per heavy atom. The lowest BCUT2D eigenvalue weighted by molar-refractivity contribution is 0.0696. The summed E-state index contributed by atoms with van der Waals surface area (Å²) in [5.74, 6) is -0.471. The highest BCUT2D eigenvalue weighted by atomic mass is 35.5. The van der Waals surface area contributed by atoms with E-state index in [-0.39, 0.29) is 11.5 Å². The van der Waals surface area contributed by atoms with Crippen molar-refractivity contribution < 1.29 is 14.7 Å². The summed E-state index contributed by atoms with van der Waals surface area (Å²) in [5.41, 5.74) is 3.70. The summed E-state index contributed by atoms with van der Waals surface area (Å²) in [6.45, 7) is 0. The molecule has 0 aliphatic heterocycles. The first kappa shape index (κ1) is 21.2. The lowest BCUT2D eigenvalue weighted by Crippen LogP contribution is -2.12. The fourth-order valence-corrected chi connectivity index (χ4v) is 4.73. The smallest absolute Gasteiger partial charge is 0.335 e. The van der Waals surface area contributed by atoms with Gasteiger partial charge < -0.3 is 15.0 Å². The van der Waals surface area contributed by atoms with E-state index in [0.29, 0.717) is 27.8 Å². The fraction of sp³-hybridized carbons (Fsp3) is 0.192. The van der Waals surface area contributed by atoms with Crippen LogP contribution in [0, 0.1) is 0 Å². The summed E-state index contributed by atoms with van der Waals surface area (Å²) in [4.78, 5) is 29.2. The second-order valence-corrected chi connectivity index (χ2v) is 8.73. The van der Waals surface area contributed by atoms with Crippen LogP contribution < -0.4 is 5.32 Å². The number of hydrogen-bond acceptors (Lipinski definition) is 3. The van der Waals surface area contributed by atoms with Crippen molar-refractivity contribution in [1.29, 1.82) is 0 Å². The van der Waals surface area contributed by atoms with Crippen LogP contribution in [0.15, 0.2) is 66.7 Å². The van der Waals surface area contributed by atoms with E-state index in [9.17, 15) is 14.7 Å². The molecule has 3 aromatic carbocycles. The molecule has 1 saturated carbocycles. The fourth-order valence-electron chi connectivity index (χ4n) is 4.54. The average Bonchev–Trinajstić information content (AvgIpc) is 3.46. The molecular weight excluding hydrogens is 438 g/mol. The highest BCUT2D eigenvalue weighted by molar-refractivity contribution is 6.31. The van der Waals surface area contributed by atoms with E-state index in [4.69, 9.17) is 16.6 Å². The van der Waals surface area contributed by atoms with Gasteiger partial charge in [0.2, 0.25) is 0 Å². The normalized spacial score (nSPS) is 14.0. The molecule has 0 bridgehead atoms. The Morgan fingerprint density at radius 2 is 1.76 bits per heavy atom. The number of amides is 1. The quantitative estimate of drug-likeness (QED) is 0.360. The van der Waals surface area contributed by atoms with Gasteiger partial charge in [0, 0.05) is 27.9 Å². The number of anilines is 1. The third-order valence-corrected chi connectivity index (χ3v) is 6.33. The number of halogens is 1. The molecule has 0 atom stereocenters. The zero-order valence-corrected chi connectivity index (χ0v) is 18.5. The van der Waals surface area contributed by atoms with Gasteiger partial charge in [-0.1, -0.05) is 42.6 Å². The van der Waals surface area contributed by atoms with Crippen LogP contribution in [-0.2, 0) is 0 Å². The molecule has 1 fully saturated rings. The van der Waals surface area contributed by atoms with E-state index >= 15 is 0 Å². The van der Waals surface area contributed by atoms with Crippen molar-refractivity contribution in [2.24, 2.45) is 0 Å². The minimum atomic E-state index is -0.978. The van der Waals surface area contributed by atoms with Crippen molar-refractivity contribution in [2.75, 3.05) is 5.32 Å². The molecular formula is C26H22ClN3O3. The zero-order chi connectivity index (χ0) is 22.9. The van der Waals surface area contributed by atoms with Crippen LogP contribution in [0.3, 0.4) is 0 Å². The Balaban J connectivity index is 1.56. The third-order valence-electron chi connectivity index (χ3n) is 6.09. The topological polar surface area (TPSA) is 84.2 Å². The van der Waals surface area contributed by atoms with E-state index in [1.54, 1.807) is 42.5 Å². The predicted molar refractivity (Wildman–Crippen MR) is 129 cm³/mol. The number of carbonyl (C=O) groups excluding carboxylic acids is 1. The molecule has 4 aromatic rings. The molecule has 33 heavy (non-hydrogen) atoms. The van der Waals surface area contributed by atoms with Crippen molar-refractivity contribution in [3.8, 4) is 11.4 Å². The van der Waals surface area contributed by atoms with Gasteiger partial charge >= 0.3 is 5.97 Å². The van der Waals surface area contributed by atoms with E-state index in [0.717, 1.165) is 42.6 Å². The number of imidazole rings is 1. The van der Waals surface area contributed by atoms with E-state index < -0.39 is 5.97 Å². The molecule has 1 aliphatic carbocycles. The first-order valence-corrected chi connectivity index (χ1v) is 11.3. The number of carboxylic acids is 1. The molecule has 166 valence electrons. The number of nitrogens with zero attached hydrogens (tertiary/aromatic N) is 2. The predicted octanol–water partition coefficient (Wildman–Crippen LogP) is 6.42. The Labute approximate surface area is 195 Å². The molecule has 7 heteroatoms. The number of benzene rings is 3. The van der Waals surface area contributed by atoms with Gasteiger partial charge in [0.15, 0.2) is 0 Å². The zero-order valence-electron chi connectivity index (χ0n) is 17.8. The van der Waals surface area contributed by atoms with Crippen molar-refractivity contribution >= 4 is 40.2 Å². The van der Waals surface area contributed by atoms with Gasteiger partial charge in [-0.25, -0.2) is 9.78 Å². The minimum Gasteiger partial charge on any atom is -0.478 e. The third kappa shape index (κ3) is 4.22. The summed E-state index contributed by atoms with van der Waals surface area (Å²) in [6.07, 6.45) is 4.40. The van der Waals surface area contributed by atoms with Crippen LogP contribution in [0.25, 0.3) is 22.4 Å². The molecule has 2 N–H and O–H groups in total. The Morgan fingerprint density at radius 1 is 0.970 bits per heavy atom. The van der Waals surface area contributed by atoms with Gasteiger partial charge in [0.05, 0.1) is 16.6 Å². The van der Waals surface area contributed by atoms with Crippen LogP contribution in [0.5, 0.6) is 0 Å². The molecule has 5 rings (SSSR count). The first-order chi connectivity index (χ1) is 16.0. The van der Waals surface area contributed by atoms with E-state index in [1.807, 2.05) is 24.3 Å². The highest BCUT2D eigenvalue weighted by Crippen LogP contribution is 2.37. The maximum atomic E-state index is 12.9. The molecule has 0 radical (unpaired) electrons. The maximum absolute atomic E-state index is 12.9. The van der Waals surface area contributed by atoms with Crippen molar-refractivity contribution in [1.82, 2.24) is 9.55 Å². The number of hydrogen-bond donors (Lipinski definition) is 2. The number of aromatic carboxylic acids is 1. The molecule has 1 heterocycles. The van der Waals surface area contributed by atoms with Gasteiger partial charge in [-0.3, -0.25) is 4.79 Å². The summed E-state index contributed by atoms with van der Waals surface area (Å²) in [6, 6.07) is 19.7. The van der Waals surface area contributed by atoms with E-state index in [2.05, 4.69) is 9.88 Å². The van der Waals surface area contributed by atoms with Gasteiger partial charge in [-0.05, 0) is 61.4 Å². The number of rotatable bonds is 5. The van der Waals surface area contributed by atoms with E-state index in [1.165, 1.54) is 0 Å². The maximum Gasteiger partial charge on any atom is 0.335 e. The number of carboxylic acid groups (broad SMARTS) is 1. The van der Waals surface area contributed by atoms with Crippen LogP contribution >= 0.6 is 11.6 Å². The first-order valence-electron chi connectivity index (χ1n) is 10.9. The second-order valence-electron chi connectivity index (χ2n) is 8.30. The molecule has 1 aromatic heterocycles. The Bertz CT molecular complexity index is 1370. The van der Waals surface area contributed by atoms with Crippen molar-refractivity contribution in [3.63, 3.8) is 0 Å². The van der Waals surface area contributed by atoms with Gasteiger partial charge in [-0.15, -0.1) is 0 Å². The van der Waals surface area contributed by atoms with Crippen LogP contribution in [0.4, 0.5) is 5.69 Å². The molecule has 1 amide bonds. The summed E-state index contributed by atoms with van der Waals surface area (Å²) >= 11 is 6.03. The van der Waals surface area contributed by atoms with Crippen LogP contribution in [0.1, 0.15) is 52.4 Å².